The molecule has 2 heterocycles. The van der Waals surface area contributed by atoms with Gasteiger partial charge in [-0.1, -0.05) is 61.1 Å². The Kier molecular flexibility index (Phi) is 9.92. The highest BCUT2D eigenvalue weighted by Crippen LogP contribution is 2.39. The number of carbonyl (C=O) groups excluding carboxylic acids is 3. The second-order valence-electron chi connectivity index (χ2n) is 9.87. The molecule has 0 saturated heterocycles. The normalized spacial score (nSPS) is 11.2. The molecule has 240 valence electrons. The van der Waals surface area contributed by atoms with Crippen LogP contribution in [0, 0.1) is 10.1 Å². The number of carbonyl (C=O) groups is 3. The SMILES string of the molecule is O=C(N/N=C\c1cc(Br)ccc1OC(=O)c1sc2cc([N+](=O)[O-])ccc2c1Cl)c1ccc(NC(=O)c2sc3cc(Br)ccc3c2Cl)cc1. The van der Waals surface area contributed by atoms with Gasteiger partial charge in [0.15, 0.2) is 0 Å². The number of non-ortho nitro benzene ring substituents is 1. The molecular weight excluding hydrogens is 831 g/mol. The van der Waals surface area contributed by atoms with Gasteiger partial charge in [-0.2, -0.15) is 5.10 Å². The zero-order chi connectivity index (χ0) is 34.1. The summed E-state index contributed by atoms with van der Waals surface area (Å²) < 4.78 is 8.48. The highest BCUT2D eigenvalue weighted by Gasteiger charge is 2.22. The number of thiophene rings is 2. The van der Waals surface area contributed by atoms with Gasteiger partial charge < -0.3 is 10.1 Å². The van der Waals surface area contributed by atoms with Crippen LogP contribution in [-0.2, 0) is 0 Å². The first-order valence-corrected chi connectivity index (χ1v) is 17.5. The average molecular weight is 847 g/mol. The van der Waals surface area contributed by atoms with Crippen molar-refractivity contribution < 1.29 is 24.0 Å². The number of amides is 2. The van der Waals surface area contributed by atoms with Crippen LogP contribution in [0.1, 0.15) is 35.3 Å². The third-order valence-electron chi connectivity index (χ3n) is 6.76. The smallest absolute Gasteiger partial charge is 0.355 e. The van der Waals surface area contributed by atoms with Gasteiger partial charge in [-0.05, 0) is 60.7 Å². The summed E-state index contributed by atoms with van der Waals surface area (Å²) in [6.45, 7) is 0. The van der Waals surface area contributed by atoms with Crippen molar-refractivity contribution in [3.05, 3.63) is 129 Å². The van der Waals surface area contributed by atoms with E-state index < -0.39 is 16.8 Å². The van der Waals surface area contributed by atoms with E-state index in [9.17, 15) is 24.5 Å². The van der Waals surface area contributed by atoms with Crippen molar-refractivity contribution in [3.8, 4) is 5.75 Å². The predicted molar refractivity (Wildman–Crippen MR) is 197 cm³/mol. The van der Waals surface area contributed by atoms with Crippen molar-refractivity contribution in [1.82, 2.24) is 5.43 Å². The molecule has 2 amide bonds. The number of benzene rings is 4. The number of halogens is 4. The second kappa shape index (κ2) is 14.1. The van der Waals surface area contributed by atoms with Crippen molar-refractivity contribution in [3.63, 3.8) is 0 Å². The maximum atomic E-state index is 13.1. The topological polar surface area (TPSA) is 140 Å². The number of fused-ring (bicyclic) bond motifs is 2. The van der Waals surface area contributed by atoms with E-state index in [2.05, 4.69) is 47.7 Å². The van der Waals surface area contributed by atoms with E-state index in [1.165, 1.54) is 53.9 Å². The van der Waals surface area contributed by atoms with Crippen molar-refractivity contribution in [2.75, 3.05) is 5.32 Å². The Hall–Kier alpha value is -4.18. The molecule has 0 spiro atoms. The number of rotatable bonds is 8. The molecule has 0 bridgehead atoms. The zero-order valence-electron chi connectivity index (χ0n) is 23.8. The summed E-state index contributed by atoms with van der Waals surface area (Å²) in [5.41, 5.74) is 3.40. The molecule has 0 aliphatic rings. The van der Waals surface area contributed by atoms with Crippen molar-refractivity contribution in [1.29, 1.82) is 0 Å². The molecule has 10 nitrogen and oxygen atoms in total. The molecule has 0 unspecified atom stereocenters. The molecule has 0 aliphatic heterocycles. The molecule has 2 aromatic heterocycles. The summed E-state index contributed by atoms with van der Waals surface area (Å²) in [4.78, 5) is 49.8. The molecule has 4 aromatic carbocycles. The highest BCUT2D eigenvalue weighted by molar-refractivity contribution is 9.10. The number of nitrogens with zero attached hydrogens (tertiary/aromatic N) is 2. The summed E-state index contributed by atoms with van der Waals surface area (Å²) in [5.74, 6) is -1.53. The van der Waals surface area contributed by atoms with Gasteiger partial charge in [-0.25, -0.2) is 10.2 Å². The van der Waals surface area contributed by atoms with Gasteiger partial charge in [-0.15, -0.1) is 22.7 Å². The van der Waals surface area contributed by atoms with Crippen LogP contribution in [0.5, 0.6) is 5.75 Å². The summed E-state index contributed by atoms with van der Waals surface area (Å²) in [6, 6.07) is 20.8. The van der Waals surface area contributed by atoms with Gasteiger partial charge >= 0.3 is 5.97 Å². The Morgan fingerprint density at radius 2 is 1.44 bits per heavy atom. The lowest BCUT2D eigenvalue weighted by molar-refractivity contribution is -0.384. The Morgan fingerprint density at radius 3 is 2.17 bits per heavy atom. The number of nitro groups is 1. The third kappa shape index (κ3) is 7.14. The summed E-state index contributed by atoms with van der Waals surface area (Å²) >= 11 is 21.9. The largest absolute Gasteiger partial charge is 0.422 e. The van der Waals surface area contributed by atoms with Gasteiger partial charge in [0.1, 0.15) is 15.5 Å². The van der Waals surface area contributed by atoms with Crippen LogP contribution < -0.4 is 15.5 Å². The Balaban J connectivity index is 1.11. The summed E-state index contributed by atoms with van der Waals surface area (Å²) in [7, 11) is 0. The molecule has 2 N–H and O–H groups in total. The lowest BCUT2D eigenvalue weighted by Crippen LogP contribution is -2.18. The van der Waals surface area contributed by atoms with Gasteiger partial charge in [-0.3, -0.25) is 19.7 Å². The van der Waals surface area contributed by atoms with E-state index in [4.69, 9.17) is 27.9 Å². The van der Waals surface area contributed by atoms with Crippen molar-refractivity contribution in [2.24, 2.45) is 5.10 Å². The molecular formula is C32H16Br2Cl2N4O6S2. The van der Waals surface area contributed by atoms with Crippen LogP contribution in [0.4, 0.5) is 11.4 Å². The summed E-state index contributed by atoms with van der Waals surface area (Å²) in [5, 5.41) is 19.7. The molecule has 6 aromatic rings. The zero-order valence-corrected chi connectivity index (χ0v) is 30.1. The number of hydrogen-bond donors (Lipinski definition) is 2. The number of anilines is 1. The van der Waals surface area contributed by atoms with E-state index in [1.54, 1.807) is 24.3 Å². The fraction of sp³-hybridized carbons (Fsp3) is 0. The molecule has 6 rings (SSSR count). The minimum absolute atomic E-state index is 0.0751. The Bertz CT molecular complexity index is 2330. The van der Waals surface area contributed by atoms with Crippen molar-refractivity contribution in [2.45, 2.75) is 0 Å². The molecule has 0 aliphatic carbocycles. The fourth-order valence-electron chi connectivity index (χ4n) is 4.46. The highest BCUT2D eigenvalue weighted by atomic mass is 79.9. The third-order valence-corrected chi connectivity index (χ3v) is 11.0. The first kappa shape index (κ1) is 33.7. The number of nitrogens with one attached hydrogen (secondary N) is 2. The van der Waals surface area contributed by atoms with Crippen LogP contribution in [0.3, 0.4) is 0 Å². The molecule has 0 radical (unpaired) electrons. The van der Waals surface area contributed by atoms with E-state index in [1.807, 2.05) is 18.2 Å². The minimum Gasteiger partial charge on any atom is -0.422 e. The number of nitro benzene ring substituents is 1. The Morgan fingerprint density at radius 1 is 0.812 bits per heavy atom. The monoisotopic (exact) mass is 844 g/mol. The lowest BCUT2D eigenvalue weighted by Gasteiger charge is -2.08. The minimum atomic E-state index is -0.764. The Labute approximate surface area is 305 Å². The standard InChI is InChI=1S/C32H16Br2Cl2N4O6S2/c33-17-4-10-23(46-32(43)29-27(36)22-9-7-20(40(44)45)13-25(22)48-29)16(11-17)14-37-39-30(41)15-1-5-19(6-2-15)38-31(42)28-26(35)21-8-3-18(34)12-24(21)47-28/h1-14H,(H,38,42)(H,39,41)/b37-14-. The maximum absolute atomic E-state index is 13.1. The first-order valence-electron chi connectivity index (χ1n) is 13.5. The quantitative estimate of drug-likeness (QED) is 0.0514. The van der Waals surface area contributed by atoms with E-state index >= 15 is 0 Å². The molecule has 16 heteroatoms. The number of esters is 1. The number of ether oxygens (including phenoxy) is 1. The van der Waals surface area contributed by atoms with Crippen molar-refractivity contribution >= 4 is 133 Å². The first-order chi connectivity index (χ1) is 23.0. The molecule has 0 fully saturated rings. The van der Waals surface area contributed by atoms with Crippen LogP contribution >= 0.6 is 77.7 Å². The van der Waals surface area contributed by atoms with Crippen LogP contribution in [0.2, 0.25) is 10.0 Å². The van der Waals surface area contributed by atoms with Gasteiger partial charge in [0, 0.05) is 58.1 Å². The maximum Gasteiger partial charge on any atom is 0.355 e. The predicted octanol–water partition coefficient (Wildman–Crippen LogP) is 10.1. The van der Waals surface area contributed by atoms with E-state index in [-0.39, 0.29) is 32.8 Å². The average Bonchev–Trinajstić information content (AvgIpc) is 3.57. The second-order valence-corrected chi connectivity index (χ2v) is 14.6. The van der Waals surface area contributed by atoms with Gasteiger partial charge in [0.05, 0.1) is 21.2 Å². The van der Waals surface area contributed by atoms with E-state index in [0.29, 0.717) is 35.7 Å². The lowest BCUT2D eigenvalue weighted by atomic mass is 10.2. The van der Waals surface area contributed by atoms with Crippen LogP contribution in [-0.4, -0.2) is 28.9 Å². The van der Waals surface area contributed by atoms with Gasteiger partial charge in [0.25, 0.3) is 17.5 Å². The molecule has 48 heavy (non-hydrogen) atoms. The molecule has 0 saturated carbocycles. The fourth-order valence-corrected chi connectivity index (χ4v) is 8.22. The number of hydrogen-bond acceptors (Lipinski definition) is 9. The van der Waals surface area contributed by atoms with Crippen LogP contribution in [0.15, 0.2) is 92.9 Å². The molecule has 0 atom stereocenters. The number of hydrazone groups is 1. The van der Waals surface area contributed by atoms with Crippen LogP contribution in [0.25, 0.3) is 20.2 Å². The van der Waals surface area contributed by atoms with Gasteiger partial charge in [0.2, 0.25) is 0 Å². The van der Waals surface area contributed by atoms with E-state index in [0.717, 1.165) is 25.9 Å². The summed E-state index contributed by atoms with van der Waals surface area (Å²) in [6.07, 6.45) is 1.31.